The molecule has 1 aromatic carbocycles. The fourth-order valence-corrected chi connectivity index (χ4v) is 2.58. The van der Waals surface area contributed by atoms with Crippen LogP contribution >= 0.6 is 0 Å². The van der Waals surface area contributed by atoms with E-state index >= 15 is 0 Å². The van der Waals surface area contributed by atoms with E-state index < -0.39 is 0 Å². The lowest BCUT2D eigenvalue weighted by atomic mass is 9.88. The van der Waals surface area contributed by atoms with Crippen molar-refractivity contribution in [2.75, 3.05) is 13.1 Å². The van der Waals surface area contributed by atoms with Gasteiger partial charge in [0.25, 0.3) is 0 Å². The molecule has 0 bridgehead atoms. The van der Waals surface area contributed by atoms with Crippen molar-refractivity contribution in [3.8, 4) is 0 Å². The SMILES string of the molecule is CC1CCN(Cc2ccc(C(=N)N)cc2F)CC1C. The van der Waals surface area contributed by atoms with Gasteiger partial charge in [0.15, 0.2) is 0 Å². The van der Waals surface area contributed by atoms with E-state index in [-0.39, 0.29) is 11.7 Å². The summed E-state index contributed by atoms with van der Waals surface area (Å²) >= 11 is 0. The van der Waals surface area contributed by atoms with Crippen LogP contribution in [0.4, 0.5) is 4.39 Å². The zero-order chi connectivity index (χ0) is 14.0. The molecule has 0 radical (unpaired) electrons. The summed E-state index contributed by atoms with van der Waals surface area (Å²) in [5.74, 6) is 1.05. The van der Waals surface area contributed by atoms with Gasteiger partial charge in [-0.15, -0.1) is 0 Å². The van der Waals surface area contributed by atoms with Crippen LogP contribution < -0.4 is 5.73 Å². The maximum atomic E-state index is 14.0. The van der Waals surface area contributed by atoms with Gasteiger partial charge in [0.2, 0.25) is 0 Å². The van der Waals surface area contributed by atoms with Gasteiger partial charge in [-0.05, 0) is 30.9 Å². The lowest BCUT2D eigenvalue weighted by Gasteiger charge is -2.35. The molecule has 1 aliphatic rings. The van der Waals surface area contributed by atoms with E-state index in [9.17, 15) is 4.39 Å². The molecule has 0 spiro atoms. The summed E-state index contributed by atoms with van der Waals surface area (Å²) in [7, 11) is 0. The third-order valence-electron chi connectivity index (χ3n) is 4.18. The van der Waals surface area contributed by atoms with Crippen molar-refractivity contribution in [2.24, 2.45) is 17.6 Å². The van der Waals surface area contributed by atoms with Crippen LogP contribution in [0.15, 0.2) is 18.2 Å². The molecule has 2 atom stereocenters. The van der Waals surface area contributed by atoms with E-state index in [1.165, 1.54) is 12.5 Å². The van der Waals surface area contributed by atoms with Gasteiger partial charge in [-0.25, -0.2) is 4.39 Å². The van der Waals surface area contributed by atoms with Gasteiger partial charge in [-0.1, -0.05) is 26.0 Å². The number of rotatable bonds is 3. The molecule has 2 unspecified atom stereocenters. The Morgan fingerprint density at radius 1 is 1.42 bits per heavy atom. The van der Waals surface area contributed by atoms with Crippen LogP contribution in [-0.2, 0) is 6.54 Å². The molecule has 4 heteroatoms. The monoisotopic (exact) mass is 263 g/mol. The van der Waals surface area contributed by atoms with Gasteiger partial charge in [-0.2, -0.15) is 0 Å². The van der Waals surface area contributed by atoms with Crippen molar-refractivity contribution in [3.05, 3.63) is 35.1 Å². The first-order valence-electron chi connectivity index (χ1n) is 6.82. The number of nitrogens with two attached hydrogens (primary N) is 1. The maximum Gasteiger partial charge on any atom is 0.128 e. The molecule has 0 amide bonds. The second kappa shape index (κ2) is 5.70. The normalized spacial score (nSPS) is 24.4. The summed E-state index contributed by atoms with van der Waals surface area (Å²) in [5, 5.41) is 7.30. The van der Waals surface area contributed by atoms with Crippen LogP contribution in [0.3, 0.4) is 0 Å². The highest BCUT2D eigenvalue weighted by atomic mass is 19.1. The Balaban J connectivity index is 2.05. The number of likely N-dealkylation sites (tertiary alicyclic amines) is 1. The molecule has 2 rings (SSSR count). The van der Waals surface area contributed by atoms with Crippen molar-refractivity contribution >= 4 is 5.84 Å². The second-order valence-electron chi connectivity index (χ2n) is 5.70. The Kier molecular flexibility index (Phi) is 4.20. The zero-order valence-electron chi connectivity index (χ0n) is 11.6. The van der Waals surface area contributed by atoms with Gasteiger partial charge in [-0.3, -0.25) is 10.3 Å². The predicted octanol–water partition coefficient (Wildman–Crippen LogP) is 2.59. The first kappa shape index (κ1) is 14.0. The fraction of sp³-hybridized carbons (Fsp3) is 0.533. The number of piperidine rings is 1. The number of nitrogens with one attached hydrogen (secondary N) is 1. The molecular weight excluding hydrogens is 241 g/mol. The number of benzene rings is 1. The molecule has 1 fully saturated rings. The number of amidine groups is 1. The molecular formula is C15H22FN3. The zero-order valence-corrected chi connectivity index (χ0v) is 11.6. The van der Waals surface area contributed by atoms with Crippen LogP contribution in [-0.4, -0.2) is 23.8 Å². The maximum absolute atomic E-state index is 14.0. The molecule has 0 saturated carbocycles. The fourth-order valence-electron chi connectivity index (χ4n) is 2.58. The largest absolute Gasteiger partial charge is 0.384 e. The number of halogens is 1. The molecule has 19 heavy (non-hydrogen) atoms. The molecule has 1 aliphatic heterocycles. The Morgan fingerprint density at radius 3 is 2.74 bits per heavy atom. The van der Waals surface area contributed by atoms with E-state index in [4.69, 9.17) is 11.1 Å². The van der Waals surface area contributed by atoms with Crippen LogP contribution in [0.25, 0.3) is 0 Å². The average molecular weight is 263 g/mol. The molecule has 1 aromatic rings. The third kappa shape index (κ3) is 3.32. The summed E-state index contributed by atoms with van der Waals surface area (Å²) < 4.78 is 14.0. The quantitative estimate of drug-likeness (QED) is 0.650. The van der Waals surface area contributed by atoms with Gasteiger partial charge >= 0.3 is 0 Å². The van der Waals surface area contributed by atoms with Crippen LogP contribution in [0.2, 0.25) is 0 Å². The number of nitrogen functional groups attached to an aromatic ring is 1. The molecule has 3 nitrogen and oxygen atoms in total. The standard InChI is InChI=1S/C15H22FN3/c1-10-5-6-19(8-11(10)2)9-13-4-3-12(15(17)18)7-14(13)16/h3-4,7,10-11H,5-6,8-9H2,1-2H3,(H3,17,18). The van der Waals surface area contributed by atoms with Crippen LogP contribution in [0.1, 0.15) is 31.4 Å². The Bertz CT molecular complexity index is 472. The van der Waals surface area contributed by atoms with E-state index in [1.807, 2.05) is 0 Å². The van der Waals surface area contributed by atoms with Crippen molar-refractivity contribution in [1.82, 2.24) is 4.90 Å². The van der Waals surface area contributed by atoms with Crippen molar-refractivity contribution in [3.63, 3.8) is 0 Å². The molecule has 0 aliphatic carbocycles. The van der Waals surface area contributed by atoms with Crippen molar-refractivity contribution in [1.29, 1.82) is 5.41 Å². The van der Waals surface area contributed by atoms with Gasteiger partial charge < -0.3 is 5.73 Å². The molecule has 1 heterocycles. The highest BCUT2D eigenvalue weighted by molar-refractivity contribution is 5.94. The van der Waals surface area contributed by atoms with Crippen LogP contribution in [0, 0.1) is 23.1 Å². The topological polar surface area (TPSA) is 53.1 Å². The minimum absolute atomic E-state index is 0.0918. The Labute approximate surface area is 114 Å². The Morgan fingerprint density at radius 2 is 2.16 bits per heavy atom. The molecule has 104 valence electrons. The van der Waals surface area contributed by atoms with Crippen molar-refractivity contribution < 1.29 is 4.39 Å². The Hall–Kier alpha value is -1.42. The lowest BCUT2D eigenvalue weighted by molar-refractivity contribution is 0.131. The summed E-state index contributed by atoms with van der Waals surface area (Å²) in [6, 6.07) is 4.82. The average Bonchev–Trinajstić information content (AvgIpc) is 2.36. The third-order valence-corrected chi connectivity index (χ3v) is 4.18. The van der Waals surface area contributed by atoms with E-state index in [2.05, 4.69) is 18.7 Å². The minimum atomic E-state index is -0.265. The summed E-state index contributed by atoms with van der Waals surface area (Å²) in [4.78, 5) is 2.30. The molecule has 0 aromatic heterocycles. The van der Waals surface area contributed by atoms with Gasteiger partial charge in [0, 0.05) is 24.2 Å². The van der Waals surface area contributed by atoms with E-state index in [1.54, 1.807) is 12.1 Å². The summed E-state index contributed by atoms with van der Waals surface area (Å²) in [6.07, 6.45) is 1.17. The number of hydrogen-bond donors (Lipinski definition) is 2. The van der Waals surface area contributed by atoms with Gasteiger partial charge in [0.1, 0.15) is 11.7 Å². The first-order valence-corrected chi connectivity index (χ1v) is 6.82. The number of hydrogen-bond acceptors (Lipinski definition) is 2. The lowest BCUT2D eigenvalue weighted by Crippen LogP contribution is -2.38. The summed E-state index contributed by atoms with van der Waals surface area (Å²) in [5.41, 5.74) is 6.49. The summed E-state index contributed by atoms with van der Waals surface area (Å²) in [6.45, 7) is 7.23. The number of nitrogens with zero attached hydrogens (tertiary/aromatic N) is 1. The molecule has 1 saturated heterocycles. The van der Waals surface area contributed by atoms with Crippen molar-refractivity contribution in [2.45, 2.75) is 26.8 Å². The van der Waals surface area contributed by atoms with E-state index in [0.717, 1.165) is 19.0 Å². The second-order valence-corrected chi connectivity index (χ2v) is 5.70. The van der Waals surface area contributed by atoms with Crippen LogP contribution in [0.5, 0.6) is 0 Å². The van der Waals surface area contributed by atoms with E-state index in [0.29, 0.717) is 23.6 Å². The smallest absolute Gasteiger partial charge is 0.128 e. The highest BCUT2D eigenvalue weighted by Crippen LogP contribution is 2.24. The minimum Gasteiger partial charge on any atom is -0.384 e. The van der Waals surface area contributed by atoms with Gasteiger partial charge in [0.05, 0.1) is 0 Å². The first-order chi connectivity index (χ1) is 8.97. The predicted molar refractivity (Wildman–Crippen MR) is 75.6 cm³/mol. The molecule has 3 N–H and O–H groups in total. The highest BCUT2D eigenvalue weighted by Gasteiger charge is 2.23.